The third kappa shape index (κ3) is 2.74. The summed E-state index contributed by atoms with van der Waals surface area (Å²) in [6.45, 7) is 18.9. The number of fused-ring (bicyclic) bond motifs is 5. The van der Waals surface area contributed by atoms with E-state index in [1.54, 1.807) is 0 Å². The highest BCUT2D eigenvalue weighted by Crippen LogP contribution is 2.71. The van der Waals surface area contributed by atoms with Crippen LogP contribution in [0.4, 0.5) is 0 Å². The Bertz CT molecular complexity index is 966. The fourth-order valence-corrected chi connectivity index (χ4v) is 9.31. The Morgan fingerprint density at radius 1 is 1.00 bits per heavy atom. The van der Waals surface area contributed by atoms with Crippen molar-refractivity contribution in [3.05, 3.63) is 47.0 Å². The fourth-order valence-electron chi connectivity index (χ4n) is 9.31. The number of hydrogen-bond donors (Lipinski definition) is 2. The minimum absolute atomic E-state index is 0.00194. The highest BCUT2D eigenvalue weighted by molar-refractivity contribution is 5.41. The van der Waals surface area contributed by atoms with Gasteiger partial charge in [-0.15, -0.1) is 0 Å². The molecule has 1 heterocycles. The summed E-state index contributed by atoms with van der Waals surface area (Å²) in [6.07, 6.45) is 1.45. The molecule has 1 aliphatic heterocycles. The molecule has 0 radical (unpaired) electrons. The van der Waals surface area contributed by atoms with Crippen LogP contribution in [0, 0.1) is 39.9 Å². The van der Waals surface area contributed by atoms with Gasteiger partial charge in [-0.25, -0.2) is 0 Å². The Labute approximate surface area is 200 Å². The van der Waals surface area contributed by atoms with Crippen LogP contribution in [0.25, 0.3) is 0 Å². The van der Waals surface area contributed by atoms with Crippen molar-refractivity contribution in [2.24, 2.45) is 39.9 Å². The summed E-state index contributed by atoms with van der Waals surface area (Å²) in [5, 5.41) is 25.4. The first kappa shape index (κ1) is 23.6. The van der Waals surface area contributed by atoms with Crippen molar-refractivity contribution in [3.8, 4) is 0 Å². The van der Waals surface area contributed by atoms with Gasteiger partial charge in [0, 0.05) is 28.1 Å². The van der Waals surface area contributed by atoms with Crippen LogP contribution < -0.4 is 0 Å². The molecule has 1 saturated heterocycles. The smallest absolute Gasteiger partial charge is 0.0812 e. The lowest BCUT2D eigenvalue weighted by molar-refractivity contribution is -0.306. The fraction of sp³-hybridized carbons (Fsp3) is 0.733. The van der Waals surface area contributed by atoms with Crippen LogP contribution >= 0.6 is 0 Å². The average molecular weight is 453 g/mol. The van der Waals surface area contributed by atoms with Crippen LogP contribution in [-0.4, -0.2) is 34.6 Å². The van der Waals surface area contributed by atoms with E-state index in [0.29, 0.717) is 12.5 Å². The topological polar surface area (TPSA) is 49.7 Å². The highest BCUT2D eigenvalue weighted by Gasteiger charge is 2.72. The van der Waals surface area contributed by atoms with E-state index < -0.39 is 17.1 Å². The minimum atomic E-state index is -0.914. The zero-order valence-corrected chi connectivity index (χ0v) is 21.9. The molecule has 4 aliphatic rings. The zero-order valence-electron chi connectivity index (χ0n) is 21.9. The molecule has 182 valence electrons. The van der Waals surface area contributed by atoms with Crippen LogP contribution in [0.2, 0.25) is 0 Å². The van der Waals surface area contributed by atoms with E-state index >= 15 is 0 Å². The largest absolute Gasteiger partial charge is 0.392 e. The lowest BCUT2D eigenvalue weighted by Gasteiger charge is -2.71. The summed E-state index contributed by atoms with van der Waals surface area (Å²) in [4.78, 5) is 0. The normalized spacial score (nSPS) is 51.0. The highest BCUT2D eigenvalue weighted by atomic mass is 16.5. The SMILES string of the molecule is CC1=C2[C@@H](C)[C@H](O)[C@@]3(C)C([C@H](c4ccccc4)[C@](O)(C[C@@H]1C)C2(C)C)[C@]1(C)CO[C@@H]1C[C@@H]3C. The van der Waals surface area contributed by atoms with Crippen molar-refractivity contribution in [3.63, 3.8) is 0 Å². The Hall–Kier alpha value is -1.16. The molecule has 1 aromatic rings. The van der Waals surface area contributed by atoms with Gasteiger partial charge in [0.2, 0.25) is 0 Å². The van der Waals surface area contributed by atoms with Crippen molar-refractivity contribution in [1.29, 1.82) is 0 Å². The minimum Gasteiger partial charge on any atom is -0.392 e. The molecule has 1 aromatic carbocycles. The first-order chi connectivity index (χ1) is 15.3. The summed E-state index contributed by atoms with van der Waals surface area (Å²) in [5.41, 5.74) is 2.10. The van der Waals surface area contributed by atoms with Crippen LogP contribution in [0.15, 0.2) is 41.5 Å². The van der Waals surface area contributed by atoms with Crippen LogP contribution in [-0.2, 0) is 4.74 Å². The van der Waals surface area contributed by atoms with Gasteiger partial charge >= 0.3 is 0 Å². The van der Waals surface area contributed by atoms with Crippen LogP contribution in [0.5, 0.6) is 0 Å². The molecule has 1 unspecified atom stereocenters. The number of ether oxygens (including phenoxy) is 1. The standard InChI is InChI=1S/C30H44O3/c1-17-15-30(32)24(21-12-10-9-11-13-21)25-28(7)16-33-22(28)14-18(2)29(25,8)26(31)20(4)23(19(17)3)27(30,5)6/h9-13,17-18,20,22,24-26,31-32H,14-16H2,1-8H3/t17-,18-,20+,22+,24-,25?,26-,28+,29+,30+/m0/s1. The Morgan fingerprint density at radius 2 is 1.64 bits per heavy atom. The molecule has 3 nitrogen and oxygen atoms in total. The van der Waals surface area contributed by atoms with E-state index in [9.17, 15) is 10.2 Å². The maximum atomic E-state index is 13.1. The molecular formula is C30H44O3. The number of benzene rings is 1. The summed E-state index contributed by atoms with van der Waals surface area (Å²) in [7, 11) is 0. The van der Waals surface area contributed by atoms with Gasteiger partial charge in [0.25, 0.3) is 0 Å². The molecule has 3 heteroatoms. The second-order valence-electron chi connectivity index (χ2n) is 13.2. The van der Waals surface area contributed by atoms with Crippen molar-refractivity contribution in [2.45, 2.75) is 92.0 Å². The molecule has 0 amide bonds. The van der Waals surface area contributed by atoms with Gasteiger partial charge in [-0.2, -0.15) is 0 Å². The molecule has 3 fully saturated rings. The third-order valence-electron chi connectivity index (χ3n) is 11.5. The number of aliphatic hydroxyl groups excluding tert-OH is 1. The summed E-state index contributed by atoms with van der Waals surface area (Å²) >= 11 is 0. The van der Waals surface area contributed by atoms with E-state index in [2.05, 4.69) is 85.7 Å². The average Bonchev–Trinajstić information content (AvgIpc) is 2.76. The van der Waals surface area contributed by atoms with E-state index in [4.69, 9.17) is 4.74 Å². The second kappa shape index (κ2) is 7.18. The van der Waals surface area contributed by atoms with Gasteiger partial charge in [-0.3, -0.25) is 0 Å². The molecule has 2 N–H and O–H groups in total. The summed E-state index contributed by atoms with van der Waals surface area (Å²) < 4.78 is 6.17. The quantitative estimate of drug-likeness (QED) is 0.517. The van der Waals surface area contributed by atoms with Crippen molar-refractivity contribution < 1.29 is 14.9 Å². The monoisotopic (exact) mass is 452 g/mol. The molecule has 33 heavy (non-hydrogen) atoms. The molecule has 2 saturated carbocycles. The number of allylic oxidation sites excluding steroid dienone is 1. The third-order valence-corrected chi connectivity index (χ3v) is 11.5. The van der Waals surface area contributed by atoms with Crippen LogP contribution in [0.3, 0.4) is 0 Å². The second-order valence-corrected chi connectivity index (χ2v) is 13.2. The molecule has 0 aromatic heterocycles. The maximum absolute atomic E-state index is 13.1. The van der Waals surface area contributed by atoms with E-state index in [1.165, 1.54) is 16.7 Å². The van der Waals surface area contributed by atoms with Crippen molar-refractivity contribution in [1.82, 2.24) is 0 Å². The first-order valence-electron chi connectivity index (χ1n) is 13.1. The molecule has 10 atom stereocenters. The van der Waals surface area contributed by atoms with Gasteiger partial charge in [-0.1, -0.05) is 89.9 Å². The first-order valence-corrected chi connectivity index (χ1v) is 13.1. The van der Waals surface area contributed by atoms with E-state index in [0.717, 1.165) is 12.8 Å². The Kier molecular flexibility index (Phi) is 5.13. The van der Waals surface area contributed by atoms with Gasteiger partial charge in [0.1, 0.15) is 0 Å². The number of aliphatic hydroxyl groups is 2. The number of hydrogen-bond acceptors (Lipinski definition) is 3. The van der Waals surface area contributed by atoms with E-state index in [1.807, 2.05) is 0 Å². The lowest BCUT2D eigenvalue weighted by atomic mass is 9.37. The van der Waals surface area contributed by atoms with Gasteiger partial charge < -0.3 is 14.9 Å². The Balaban J connectivity index is 1.87. The summed E-state index contributed by atoms with van der Waals surface area (Å²) in [5.74, 6) is 0.621. The molecular weight excluding hydrogens is 408 g/mol. The van der Waals surface area contributed by atoms with Crippen molar-refractivity contribution >= 4 is 0 Å². The predicted octanol–water partition coefficient (Wildman–Crippen LogP) is 5.96. The van der Waals surface area contributed by atoms with Crippen LogP contribution in [0.1, 0.15) is 79.7 Å². The van der Waals surface area contributed by atoms with E-state index in [-0.39, 0.29) is 40.6 Å². The Morgan fingerprint density at radius 3 is 2.21 bits per heavy atom. The van der Waals surface area contributed by atoms with Gasteiger partial charge in [-0.05, 0) is 43.1 Å². The molecule has 3 aliphatic carbocycles. The molecule has 2 bridgehead atoms. The van der Waals surface area contributed by atoms with Crippen molar-refractivity contribution in [2.75, 3.05) is 6.61 Å². The summed E-state index contributed by atoms with van der Waals surface area (Å²) in [6, 6.07) is 10.7. The van der Waals surface area contributed by atoms with Gasteiger partial charge in [0.15, 0.2) is 0 Å². The zero-order chi connectivity index (χ0) is 24.1. The lowest BCUT2D eigenvalue weighted by Crippen LogP contribution is -2.73. The maximum Gasteiger partial charge on any atom is 0.0812 e. The molecule has 0 spiro atoms. The molecule has 5 rings (SSSR count). The number of rotatable bonds is 1. The predicted molar refractivity (Wildman–Crippen MR) is 133 cm³/mol. The van der Waals surface area contributed by atoms with Gasteiger partial charge in [0.05, 0.1) is 24.4 Å².